The van der Waals surface area contributed by atoms with Gasteiger partial charge in [-0.3, -0.25) is 4.98 Å². The lowest BCUT2D eigenvalue weighted by atomic mass is 9.98. The minimum absolute atomic E-state index is 0.0275. The van der Waals surface area contributed by atoms with Crippen molar-refractivity contribution in [3.63, 3.8) is 0 Å². The monoisotopic (exact) mass is 414 g/mol. The minimum Gasteiger partial charge on any atom is -0.339 e. The van der Waals surface area contributed by atoms with Gasteiger partial charge in [-0.05, 0) is 55.2 Å². The molecule has 0 unspecified atom stereocenters. The highest BCUT2D eigenvalue weighted by Gasteiger charge is 2.35. The van der Waals surface area contributed by atoms with Gasteiger partial charge in [0, 0.05) is 43.6 Å². The molecule has 2 aromatic heterocycles. The van der Waals surface area contributed by atoms with E-state index in [0.717, 1.165) is 22.5 Å². The first-order chi connectivity index (χ1) is 13.8. The molecule has 6 nitrogen and oxygen atoms in total. The van der Waals surface area contributed by atoms with E-state index in [0.29, 0.717) is 25.9 Å². The number of sulfonamides is 1. The molecule has 0 bridgehead atoms. The molecule has 0 saturated carbocycles. The van der Waals surface area contributed by atoms with E-state index in [1.165, 1.54) is 29.0 Å². The summed E-state index contributed by atoms with van der Waals surface area (Å²) in [5.74, 6) is -0.223. The predicted molar refractivity (Wildman–Crippen MR) is 108 cm³/mol. The van der Waals surface area contributed by atoms with Crippen molar-refractivity contribution in [3.05, 3.63) is 77.3 Å². The maximum absolute atomic E-state index is 13.5. The molecular formula is C21H23FN4O2S. The highest BCUT2D eigenvalue weighted by Crippen LogP contribution is 2.30. The molecular weight excluding hydrogens is 391 g/mol. The summed E-state index contributed by atoms with van der Waals surface area (Å²) in [4.78, 5) is 8.65. The first-order valence-electron chi connectivity index (χ1n) is 9.51. The third-order valence-electron chi connectivity index (χ3n) is 5.18. The van der Waals surface area contributed by atoms with Gasteiger partial charge in [-0.15, -0.1) is 0 Å². The third-order valence-corrected chi connectivity index (χ3v) is 6.94. The van der Waals surface area contributed by atoms with Crippen LogP contribution in [0.25, 0.3) is 0 Å². The van der Waals surface area contributed by atoms with Gasteiger partial charge in [0.2, 0.25) is 0 Å². The SMILES string of the molecule is Cc1cc(Cc2cccc(F)c2)cc([C@@H]2CCN(S(=O)(=O)c3cn(C)cn3)C2)n1. The van der Waals surface area contributed by atoms with Crippen molar-refractivity contribution >= 4 is 10.0 Å². The lowest BCUT2D eigenvalue weighted by Gasteiger charge is -2.16. The average Bonchev–Trinajstić information content (AvgIpc) is 3.31. The fraction of sp³-hybridized carbons (Fsp3) is 0.333. The summed E-state index contributed by atoms with van der Waals surface area (Å²) < 4.78 is 42.2. The average molecular weight is 415 g/mol. The van der Waals surface area contributed by atoms with Gasteiger partial charge in [-0.25, -0.2) is 17.8 Å². The number of hydrogen-bond acceptors (Lipinski definition) is 4. The van der Waals surface area contributed by atoms with Crippen LogP contribution >= 0.6 is 0 Å². The summed E-state index contributed by atoms with van der Waals surface area (Å²) in [6.45, 7) is 2.75. The maximum atomic E-state index is 13.5. The molecule has 1 atom stereocenters. The van der Waals surface area contributed by atoms with E-state index < -0.39 is 10.0 Å². The Balaban J connectivity index is 1.54. The molecule has 0 N–H and O–H groups in total. The largest absolute Gasteiger partial charge is 0.339 e. The highest BCUT2D eigenvalue weighted by atomic mass is 32.2. The molecule has 29 heavy (non-hydrogen) atoms. The normalized spacial score (nSPS) is 17.7. The predicted octanol–water partition coefficient (Wildman–Crippen LogP) is 3.03. The number of halogens is 1. The topological polar surface area (TPSA) is 68.1 Å². The van der Waals surface area contributed by atoms with Crippen LogP contribution in [-0.4, -0.2) is 40.3 Å². The van der Waals surface area contributed by atoms with E-state index in [9.17, 15) is 12.8 Å². The second kappa shape index (κ2) is 7.68. The van der Waals surface area contributed by atoms with Crippen molar-refractivity contribution in [1.29, 1.82) is 0 Å². The van der Waals surface area contributed by atoms with Gasteiger partial charge in [-0.2, -0.15) is 4.31 Å². The molecule has 0 amide bonds. The second-order valence-corrected chi connectivity index (χ2v) is 9.46. The minimum atomic E-state index is -3.60. The number of aromatic nitrogens is 3. The van der Waals surface area contributed by atoms with Crippen LogP contribution in [0.1, 0.15) is 34.9 Å². The van der Waals surface area contributed by atoms with Crippen LogP contribution in [0.2, 0.25) is 0 Å². The Morgan fingerprint density at radius 2 is 2.03 bits per heavy atom. The van der Waals surface area contributed by atoms with Crippen LogP contribution in [0, 0.1) is 12.7 Å². The molecule has 3 heterocycles. The molecule has 0 spiro atoms. The Bertz CT molecular complexity index is 1140. The van der Waals surface area contributed by atoms with Crippen LogP contribution < -0.4 is 0 Å². The lowest BCUT2D eigenvalue weighted by molar-refractivity contribution is 0.469. The van der Waals surface area contributed by atoms with E-state index >= 15 is 0 Å². The maximum Gasteiger partial charge on any atom is 0.262 e. The number of imidazole rings is 1. The number of hydrogen-bond donors (Lipinski definition) is 0. The Morgan fingerprint density at radius 3 is 2.76 bits per heavy atom. The molecule has 8 heteroatoms. The van der Waals surface area contributed by atoms with E-state index in [4.69, 9.17) is 0 Å². The molecule has 152 valence electrons. The molecule has 4 rings (SSSR count). The Hall–Kier alpha value is -2.58. The van der Waals surface area contributed by atoms with E-state index in [1.807, 2.05) is 25.1 Å². The van der Waals surface area contributed by atoms with Gasteiger partial charge >= 0.3 is 0 Å². The molecule has 0 radical (unpaired) electrons. The molecule has 0 aliphatic carbocycles. The summed E-state index contributed by atoms with van der Waals surface area (Å²) in [6.07, 6.45) is 4.32. The zero-order chi connectivity index (χ0) is 20.6. The fourth-order valence-corrected chi connectivity index (χ4v) is 5.27. The first-order valence-corrected chi connectivity index (χ1v) is 11.0. The summed E-state index contributed by atoms with van der Waals surface area (Å²) >= 11 is 0. The summed E-state index contributed by atoms with van der Waals surface area (Å²) in [7, 11) is -1.85. The van der Waals surface area contributed by atoms with Crippen LogP contribution in [0.4, 0.5) is 4.39 Å². The van der Waals surface area contributed by atoms with Crippen molar-refractivity contribution < 1.29 is 12.8 Å². The first kappa shape index (κ1) is 19.7. The van der Waals surface area contributed by atoms with E-state index in [1.54, 1.807) is 17.7 Å². The van der Waals surface area contributed by atoms with Crippen molar-refractivity contribution in [2.45, 2.75) is 30.7 Å². The standard InChI is InChI=1S/C21H23FN4O2S/c1-15-8-17(9-16-4-3-5-19(22)10-16)11-20(24-15)18-6-7-26(12-18)29(27,28)21-13-25(2)14-23-21/h3-5,8,10-11,13-14,18H,6-7,9,12H2,1-2H3/t18-/m1/s1. The van der Waals surface area contributed by atoms with E-state index in [-0.39, 0.29) is 16.8 Å². The zero-order valence-corrected chi connectivity index (χ0v) is 17.2. The van der Waals surface area contributed by atoms with Crippen LogP contribution in [-0.2, 0) is 23.5 Å². The van der Waals surface area contributed by atoms with Crippen LogP contribution in [0.3, 0.4) is 0 Å². The van der Waals surface area contributed by atoms with Gasteiger partial charge < -0.3 is 4.57 Å². The molecule has 1 aliphatic rings. The number of pyridine rings is 1. The van der Waals surface area contributed by atoms with Gasteiger partial charge in [0.25, 0.3) is 10.0 Å². The third kappa shape index (κ3) is 4.23. The summed E-state index contributed by atoms with van der Waals surface area (Å²) in [5, 5.41) is 0.0737. The Kier molecular flexibility index (Phi) is 5.23. The van der Waals surface area contributed by atoms with Crippen LogP contribution in [0.5, 0.6) is 0 Å². The van der Waals surface area contributed by atoms with Gasteiger partial charge in [0.1, 0.15) is 5.82 Å². The Morgan fingerprint density at radius 1 is 1.21 bits per heavy atom. The quantitative estimate of drug-likeness (QED) is 0.644. The second-order valence-electron chi connectivity index (χ2n) is 7.57. The van der Waals surface area contributed by atoms with Crippen molar-refractivity contribution in [2.24, 2.45) is 7.05 Å². The zero-order valence-electron chi connectivity index (χ0n) is 16.4. The van der Waals surface area contributed by atoms with Crippen LogP contribution in [0.15, 0.2) is 53.9 Å². The Labute approximate surface area is 170 Å². The molecule has 1 aromatic carbocycles. The molecule has 1 saturated heterocycles. The summed E-state index contributed by atoms with van der Waals surface area (Å²) in [6, 6.07) is 10.6. The fourth-order valence-electron chi connectivity index (χ4n) is 3.80. The van der Waals surface area contributed by atoms with E-state index in [2.05, 4.69) is 9.97 Å². The van der Waals surface area contributed by atoms with Crippen molar-refractivity contribution in [2.75, 3.05) is 13.1 Å². The number of aryl methyl sites for hydroxylation is 2. The smallest absolute Gasteiger partial charge is 0.262 e. The number of rotatable bonds is 5. The van der Waals surface area contributed by atoms with Gasteiger partial charge in [-0.1, -0.05) is 12.1 Å². The van der Waals surface area contributed by atoms with Gasteiger partial charge in [0.05, 0.1) is 6.33 Å². The summed E-state index contributed by atoms with van der Waals surface area (Å²) in [5.41, 5.74) is 3.70. The molecule has 3 aromatic rings. The van der Waals surface area contributed by atoms with Gasteiger partial charge in [0.15, 0.2) is 5.03 Å². The molecule has 1 fully saturated rings. The van der Waals surface area contributed by atoms with Crippen molar-refractivity contribution in [3.8, 4) is 0 Å². The number of nitrogens with zero attached hydrogens (tertiary/aromatic N) is 4. The van der Waals surface area contributed by atoms with Crippen molar-refractivity contribution in [1.82, 2.24) is 18.8 Å². The lowest BCUT2D eigenvalue weighted by Crippen LogP contribution is -2.29. The molecule has 1 aliphatic heterocycles. The number of benzene rings is 1. The highest BCUT2D eigenvalue weighted by molar-refractivity contribution is 7.89.